The van der Waals surface area contributed by atoms with Gasteiger partial charge < -0.3 is 14.6 Å². The Balaban J connectivity index is 1.27. The number of hydrogen-bond acceptors (Lipinski definition) is 4. The van der Waals surface area contributed by atoms with Crippen LogP contribution in [0.1, 0.15) is 24.8 Å². The van der Waals surface area contributed by atoms with E-state index in [4.69, 9.17) is 4.74 Å². The first kappa shape index (κ1) is 17.1. The van der Waals surface area contributed by atoms with Crippen LogP contribution in [0.3, 0.4) is 0 Å². The number of likely N-dealkylation sites (tertiary alicyclic amines) is 1. The summed E-state index contributed by atoms with van der Waals surface area (Å²) < 4.78 is 7.79. The molecule has 0 radical (unpaired) electrons. The minimum Gasteiger partial charge on any atom is -0.492 e. The smallest absolute Gasteiger partial charge is 0.227 e. The van der Waals surface area contributed by atoms with Crippen molar-refractivity contribution in [1.82, 2.24) is 19.8 Å². The van der Waals surface area contributed by atoms with E-state index in [1.807, 2.05) is 22.9 Å². The number of rotatable bonds is 6. The summed E-state index contributed by atoms with van der Waals surface area (Å²) in [6.45, 7) is 5.02. The van der Waals surface area contributed by atoms with Crippen molar-refractivity contribution in [2.45, 2.75) is 32.4 Å². The molecule has 26 heavy (non-hydrogen) atoms. The molecule has 2 saturated heterocycles. The molecular formula is C20H26N4O2. The fourth-order valence-corrected chi connectivity index (χ4v) is 4.05. The molecule has 1 aromatic heterocycles. The lowest BCUT2D eigenvalue weighted by Crippen LogP contribution is -2.47. The van der Waals surface area contributed by atoms with Crippen LogP contribution in [-0.2, 0) is 17.9 Å². The molecular weight excluding hydrogens is 328 g/mol. The monoisotopic (exact) mass is 354 g/mol. The number of carbonyl (C=O) groups is 1. The fourth-order valence-electron chi connectivity index (χ4n) is 4.05. The van der Waals surface area contributed by atoms with Gasteiger partial charge in [0.2, 0.25) is 5.91 Å². The van der Waals surface area contributed by atoms with Crippen molar-refractivity contribution in [2.24, 2.45) is 5.41 Å². The van der Waals surface area contributed by atoms with E-state index in [2.05, 4.69) is 27.3 Å². The lowest BCUT2D eigenvalue weighted by Gasteiger charge is -2.32. The highest BCUT2D eigenvalue weighted by molar-refractivity contribution is 5.84. The first-order valence-corrected chi connectivity index (χ1v) is 9.42. The highest BCUT2D eigenvalue weighted by Crippen LogP contribution is 2.37. The summed E-state index contributed by atoms with van der Waals surface area (Å²) in [5.41, 5.74) is 1.12. The maximum Gasteiger partial charge on any atom is 0.227 e. The molecule has 1 spiro atoms. The second-order valence-corrected chi connectivity index (χ2v) is 7.39. The van der Waals surface area contributed by atoms with Crippen molar-refractivity contribution in [2.75, 3.05) is 26.2 Å². The van der Waals surface area contributed by atoms with Gasteiger partial charge in [-0.3, -0.25) is 9.69 Å². The number of carbonyl (C=O) groups excluding carboxylic acids is 1. The first-order valence-electron chi connectivity index (χ1n) is 9.42. The van der Waals surface area contributed by atoms with Crippen molar-refractivity contribution in [1.29, 1.82) is 0 Å². The second-order valence-electron chi connectivity index (χ2n) is 7.39. The molecule has 6 nitrogen and oxygen atoms in total. The molecule has 2 aliphatic heterocycles. The van der Waals surface area contributed by atoms with Crippen LogP contribution in [0.15, 0.2) is 43.0 Å². The number of benzene rings is 1. The molecule has 3 heterocycles. The molecule has 1 amide bonds. The van der Waals surface area contributed by atoms with Crippen LogP contribution >= 0.6 is 0 Å². The summed E-state index contributed by atoms with van der Waals surface area (Å²) >= 11 is 0. The molecule has 1 N–H and O–H groups in total. The van der Waals surface area contributed by atoms with Crippen LogP contribution in [0.5, 0.6) is 5.75 Å². The number of aromatic nitrogens is 2. The summed E-state index contributed by atoms with van der Waals surface area (Å²) in [5.74, 6) is 1.14. The van der Waals surface area contributed by atoms with E-state index >= 15 is 0 Å². The van der Waals surface area contributed by atoms with Crippen LogP contribution in [0.25, 0.3) is 0 Å². The minimum atomic E-state index is -0.144. The van der Waals surface area contributed by atoms with Crippen molar-refractivity contribution >= 4 is 5.91 Å². The summed E-state index contributed by atoms with van der Waals surface area (Å²) in [6, 6.07) is 8.31. The Morgan fingerprint density at radius 3 is 2.88 bits per heavy atom. The average molecular weight is 354 g/mol. The van der Waals surface area contributed by atoms with E-state index in [0.717, 1.165) is 57.7 Å². The number of amides is 1. The van der Waals surface area contributed by atoms with Gasteiger partial charge in [0.1, 0.15) is 12.4 Å². The maximum atomic E-state index is 12.3. The predicted octanol–water partition coefficient (Wildman–Crippen LogP) is 2.06. The first-order chi connectivity index (χ1) is 12.7. The summed E-state index contributed by atoms with van der Waals surface area (Å²) in [5, 5.41) is 3.05. The average Bonchev–Trinajstić information content (AvgIpc) is 3.30. The second kappa shape index (κ2) is 7.50. The van der Waals surface area contributed by atoms with Crippen molar-refractivity contribution in [3.63, 3.8) is 0 Å². The Bertz CT molecular complexity index is 729. The summed E-state index contributed by atoms with van der Waals surface area (Å²) in [6.07, 6.45) is 8.61. The summed E-state index contributed by atoms with van der Waals surface area (Å²) in [7, 11) is 0. The maximum absolute atomic E-state index is 12.3. The predicted molar refractivity (Wildman–Crippen MR) is 98.7 cm³/mol. The summed E-state index contributed by atoms with van der Waals surface area (Å²) in [4.78, 5) is 18.7. The van der Waals surface area contributed by atoms with Crippen LogP contribution in [0.4, 0.5) is 0 Å². The van der Waals surface area contributed by atoms with Gasteiger partial charge in [-0.05, 0) is 43.5 Å². The molecule has 1 atom stereocenters. The molecule has 6 heteroatoms. The van der Waals surface area contributed by atoms with Gasteiger partial charge in [0.15, 0.2) is 0 Å². The van der Waals surface area contributed by atoms with E-state index in [1.165, 1.54) is 5.56 Å². The largest absolute Gasteiger partial charge is 0.492 e. The van der Waals surface area contributed by atoms with E-state index in [-0.39, 0.29) is 11.3 Å². The molecule has 1 aromatic carbocycles. The number of ether oxygens (including phenoxy) is 1. The van der Waals surface area contributed by atoms with Gasteiger partial charge in [-0.2, -0.15) is 0 Å². The van der Waals surface area contributed by atoms with Gasteiger partial charge in [0, 0.05) is 32.0 Å². The zero-order valence-corrected chi connectivity index (χ0v) is 15.1. The number of nitrogens with one attached hydrogen (secondary N) is 1. The topological polar surface area (TPSA) is 59.4 Å². The normalized spacial score (nSPS) is 23.3. The molecule has 2 aromatic rings. The Kier molecular flexibility index (Phi) is 4.93. The molecule has 0 aliphatic carbocycles. The van der Waals surface area contributed by atoms with Crippen molar-refractivity contribution in [3.05, 3.63) is 48.5 Å². The van der Waals surface area contributed by atoms with Gasteiger partial charge in [-0.15, -0.1) is 0 Å². The highest BCUT2D eigenvalue weighted by atomic mass is 16.5. The van der Waals surface area contributed by atoms with Crippen LogP contribution in [0.2, 0.25) is 0 Å². The highest BCUT2D eigenvalue weighted by Gasteiger charge is 2.45. The molecule has 2 fully saturated rings. The zero-order chi connectivity index (χ0) is 17.8. The van der Waals surface area contributed by atoms with E-state index in [1.54, 1.807) is 12.5 Å². The van der Waals surface area contributed by atoms with Gasteiger partial charge in [-0.1, -0.05) is 12.1 Å². The van der Waals surface area contributed by atoms with Gasteiger partial charge in [0.05, 0.1) is 18.3 Å². The van der Waals surface area contributed by atoms with Gasteiger partial charge in [0.25, 0.3) is 0 Å². The van der Waals surface area contributed by atoms with E-state index in [0.29, 0.717) is 6.61 Å². The zero-order valence-electron chi connectivity index (χ0n) is 15.1. The third-order valence-electron chi connectivity index (χ3n) is 5.54. The lowest BCUT2D eigenvalue weighted by molar-refractivity contribution is -0.132. The number of hydrogen-bond donors (Lipinski definition) is 1. The van der Waals surface area contributed by atoms with Crippen LogP contribution in [-0.4, -0.2) is 46.6 Å². The number of nitrogens with zero attached hydrogens (tertiary/aromatic N) is 3. The minimum absolute atomic E-state index is 0.144. The lowest BCUT2D eigenvalue weighted by atomic mass is 9.79. The van der Waals surface area contributed by atoms with E-state index in [9.17, 15) is 4.79 Å². The Morgan fingerprint density at radius 1 is 1.23 bits per heavy atom. The Morgan fingerprint density at radius 2 is 2.12 bits per heavy atom. The third kappa shape index (κ3) is 3.75. The molecule has 138 valence electrons. The Labute approximate surface area is 154 Å². The van der Waals surface area contributed by atoms with Crippen LogP contribution < -0.4 is 10.1 Å². The third-order valence-corrected chi connectivity index (χ3v) is 5.54. The molecule has 0 unspecified atom stereocenters. The van der Waals surface area contributed by atoms with Crippen molar-refractivity contribution < 1.29 is 9.53 Å². The Hall–Kier alpha value is -2.34. The van der Waals surface area contributed by atoms with Crippen molar-refractivity contribution in [3.8, 4) is 5.75 Å². The van der Waals surface area contributed by atoms with Gasteiger partial charge >= 0.3 is 0 Å². The van der Waals surface area contributed by atoms with E-state index < -0.39 is 0 Å². The number of piperidine rings is 1. The molecule has 2 aliphatic rings. The molecule has 0 bridgehead atoms. The fraction of sp³-hybridized carbons (Fsp3) is 0.500. The van der Waals surface area contributed by atoms with Crippen LogP contribution in [0, 0.1) is 5.41 Å². The standard InChI is InChI=1S/C20H26N4O2/c25-19-20(6-1-8-22-19)7-10-24(15-20)14-17-2-4-18(5-3-17)26-13-12-23-11-9-21-16-23/h2-5,9,11,16H,1,6-8,10,12-15H2,(H,22,25)/t20-/m0/s1. The molecule has 4 rings (SSSR count). The SMILES string of the molecule is O=C1NCCC[C@@]12CCN(Cc1ccc(OCCn3ccnc3)cc1)C2. The molecule has 0 saturated carbocycles. The number of imidazole rings is 1. The van der Waals surface area contributed by atoms with Gasteiger partial charge in [-0.25, -0.2) is 4.98 Å². The quantitative estimate of drug-likeness (QED) is 0.863.